The van der Waals surface area contributed by atoms with Crippen LogP contribution in [0.2, 0.25) is 5.02 Å². The average Bonchev–Trinajstić information content (AvgIpc) is 3.37. The molecular formula is C18H25ClN2O4. The second-order valence-electron chi connectivity index (χ2n) is 6.66. The predicted molar refractivity (Wildman–Crippen MR) is 97.3 cm³/mol. The van der Waals surface area contributed by atoms with Gasteiger partial charge in [-0.2, -0.15) is 0 Å². The molecule has 2 amide bonds. The summed E-state index contributed by atoms with van der Waals surface area (Å²) in [6, 6.07) is 3.16. The van der Waals surface area contributed by atoms with Crippen LogP contribution in [0.4, 0.5) is 5.69 Å². The summed E-state index contributed by atoms with van der Waals surface area (Å²) in [7, 11) is 2.98. The Kier molecular flexibility index (Phi) is 6.16. The van der Waals surface area contributed by atoms with E-state index in [1.54, 1.807) is 12.1 Å². The molecule has 0 aliphatic heterocycles. The van der Waals surface area contributed by atoms with Gasteiger partial charge >= 0.3 is 0 Å². The number of ether oxygens (including phenoxy) is 2. The number of carbonyl (C=O) groups excluding carboxylic acids is 2. The maximum Gasteiger partial charge on any atom is 0.240 e. The third-order valence-electron chi connectivity index (χ3n) is 4.35. The Morgan fingerprint density at radius 1 is 1.16 bits per heavy atom. The molecule has 1 aliphatic carbocycles. The van der Waals surface area contributed by atoms with Crippen LogP contribution >= 0.6 is 11.6 Å². The minimum atomic E-state index is -0.991. The topological polar surface area (TPSA) is 76.7 Å². The van der Waals surface area contributed by atoms with Crippen molar-refractivity contribution in [3.63, 3.8) is 0 Å². The molecule has 2 N–H and O–H groups in total. The molecule has 138 valence electrons. The first kappa shape index (κ1) is 19.4. The van der Waals surface area contributed by atoms with E-state index in [0.717, 1.165) is 6.42 Å². The molecule has 1 aromatic rings. The molecule has 0 bridgehead atoms. The van der Waals surface area contributed by atoms with Gasteiger partial charge in [0, 0.05) is 18.7 Å². The summed E-state index contributed by atoms with van der Waals surface area (Å²) in [5.74, 6) is 0.775. The Balaban J connectivity index is 2.10. The van der Waals surface area contributed by atoms with Gasteiger partial charge in [-0.1, -0.05) is 25.4 Å². The molecule has 0 heterocycles. The summed E-state index contributed by atoms with van der Waals surface area (Å²) in [6.45, 7) is 4.75. The number of anilines is 1. The van der Waals surface area contributed by atoms with Crippen LogP contribution in [0.25, 0.3) is 0 Å². The number of rotatable bonds is 8. The third kappa shape index (κ3) is 4.37. The highest BCUT2D eigenvalue weighted by atomic mass is 35.5. The first-order valence-corrected chi connectivity index (χ1v) is 8.73. The summed E-state index contributed by atoms with van der Waals surface area (Å²) in [4.78, 5) is 25.1. The van der Waals surface area contributed by atoms with Gasteiger partial charge in [-0.05, 0) is 25.2 Å². The first-order valence-electron chi connectivity index (χ1n) is 8.35. The van der Waals surface area contributed by atoms with Gasteiger partial charge in [0.05, 0.1) is 24.9 Å². The number of hydrogen-bond donors (Lipinski definition) is 2. The van der Waals surface area contributed by atoms with Crippen molar-refractivity contribution >= 4 is 29.1 Å². The number of amides is 2. The molecule has 0 unspecified atom stereocenters. The zero-order valence-corrected chi connectivity index (χ0v) is 15.8. The number of carbonyl (C=O) groups is 2. The largest absolute Gasteiger partial charge is 0.495 e. The molecule has 0 atom stereocenters. The summed E-state index contributed by atoms with van der Waals surface area (Å²) >= 11 is 6.07. The Morgan fingerprint density at radius 2 is 1.80 bits per heavy atom. The third-order valence-corrected chi connectivity index (χ3v) is 4.64. The summed E-state index contributed by atoms with van der Waals surface area (Å²) in [5, 5.41) is 6.03. The van der Waals surface area contributed by atoms with Crippen LogP contribution in [0, 0.1) is 11.3 Å². The lowest BCUT2D eigenvalue weighted by molar-refractivity contribution is -0.134. The molecule has 2 rings (SSSR count). The first-order chi connectivity index (χ1) is 11.8. The zero-order chi connectivity index (χ0) is 18.6. The van der Waals surface area contributed by atoms with E-state index < -0.39 is 5.41 Å². The molecule has 0 radical (unpaired) electrons. The number of halogens is 1. The van der Waals surface area contributed by atoms with E-state index in [9.17, 15) is 9.59 Å². The average molecular weight is 369 g/mol. The van der Waals surface area contributed by atoms with Gasteiger partial charge in [0.25, 0.3) is 0 Å². The lowest BCUT2D eigenvalue weighted by atomic mass is 10.0. The summed E-state index contributed by atoms with van der Waals surface area (Å²) in [6.07, 6.45) is 1.96. The Morgan fingerprint density at radius 3 is 2.32 bits per heavy atom. The van der Waals surface area contributed by atoms with E-state index in [0.29, 0.717) is 47.5 Å². The summed E-state index contributed by atoms with van der Waals surface area (Å²) in [5.41, 5.74) is -0.565. The lowest BCUT2D eigenvalue weighted by Crippen LogP contribution is -2.40. The lowest BCUT2D eigenvalue weighted by Gasteiger charge is -2.18. The molecule has 25 heavy (non-hydrogen) atoms. The highest BCUT2D eigenvalue weighted by Crippen LogP contribution is 2.47. The molecule has 1 saturated carbocycles. The summed E-state index contributed by atoms with van der Waals surface area (Å²) < 4.78 is 10.4. The molecule has 1 fully saturated rings. The Labute approximate surface area is 153 Å². The van der Waals surface area contributed by atoms with Gasteiger partial charge in [0.2, 0.25) is 11.8 Å². The smallest absolute Gasteiger partial charge is 0.240 e. The van der Waals surface area contributed by atoms with Crippen molar-refractivity contribution in [3.8, 4) is 11.5 Å². The highest BCUT2D eigenvalue weighted by molar-refractivity contribution is 6.32. The SMILES string of the molecule is COc1cc(NC(=O)C2(C(=O)NCCC(C)C)CC2)c(OC)cc1Cl. The van der Waals surface area contributed by atoms with E-state index in [1.165, 1.54) is 14.2 Å². The van der Waals surface area contributed by atoms with Crippen molar-refractivity contribution < 1.29 is 19.1 Å². The van der Waals surface area contributed by atoms with Crippen molar-refractivity contribution in [1.29, 1.82) is 0 Å². The fourth-order valence-corrected chi connectivity index (χ4v) is 2.76. The van der Waals surface area contributed by atoms with Crippen LogP contribution in [0.1, 0.15) is 33.1 Å². The molecule has 7 heteroatoms. The molecule has 0 saturated heterocycles. The maximum absolute atomic E-state index is 12.7. The van der Waals surface area contributed by atoms with Crippen molar-refractivity contribution in [2.45, 2.75) is 33.1 Å². The van der Waals surface area contributed by atoms with Crippen molar-refractivity contribution in [2.24, 2.45) is 11.3 Å². The van der Waals surface area contributed by atoms with Crippen LogP contribution in [0.5, 0.6) is 11.5 Å². The highest BCUT2D eigenvalue weighted by Gasteiger charge is 2.56. The van der Waals surface area contributed by atoms with Crippen molar-refractivity contribution in [3.05, 3.63) is 17.2 Å². The monoisotopic (exact) mass is 368 g/mol. The van der Waals surface area contributed by atoms with E-state index >= 15 is 0 Å². The van der Waals surface area contributed by atoms with Crippen LogP contribution in [0.15, 0.2) is 12.1 Å². The van der Waals surface area contributed by atoms with Crippen LogP contribution in [0.3, 0.4) is 0 Å². The molecule has 0 aromatic heterocycles. The predicted octanol–water partition coefficient (Wildman–Crippen LogP) is 3.24. The number of nitrogens with one attached hydrogen (secondary N) is 2. The fraction of sp³-hybridized carbons (Fsp3) is 0.556. The Hall–Kier alpha value is -1.95. The van der Waals surface area contributed by atoms with Crippen molar-refractivity contribution in [2.75, 3.05) is 26.1 Å². The number of hydrogen-bond acceptors (Lipinski definition) is 4. The standard InChI is InChI=1S/C18H25ClN2O4/c1-11(2)5-8-20-16(22)18(6-7-18)17(23)21-13-10-14(24-3)12(19)9-15(13)25-4/h9-11H,5-8H2,1-4H3,(H,20,22)(H,21,23). The van der Waals surface area contributed by atoms with E-state index in [4.69, 9.17) is 21.1 Å². The Bertz CT molecular complexity index is 657. The fourth-order valence-electron chi connectivity index (χ4n) is 2.53. The van der Waals surface area contributed by atoms with Crippen molar-refractivity contribution in [1.82, 2.24) is 5.32 Å². The number of benzene rings is 1. The quantitative estimate of drug-likeness (QED) is 0.690. The van der Waals surface area contributed by atoms with Gasteiger partial charge in [-0.25, -0.2) is 0 Å². The molecular weight excluding hydrogens is 344 g/mol. The van der Waals surface area contributed by atoms with Gasteiger partial charge in [0.1, 0.15) is 16.9 Å². The second kappa shape index (κ2) is 7.95. The number of methoxy groups -OCH3 is 2. The van der Waals surface area contributed by atoms with E-state index in [2.05, 4.69) is 24.5 Å². The molecule has 6 nitrogen and oxygen atoms in total. The van der Waals surface area contributed by atoms with E-state index in [1.807, 2.05) is 0 Å². The van der Waals surface area contributed by atoms with Gasteiger partial charge in [0.15, 0.2) is 0 Å². The van der Waals surface area contributed by atoms with Crippen LogP contribution < -0.4 is 20.1 Å². The maximum atomic E-state index is 12.7. The minimum absolute atomic E-state index is 0.217. The molecule has 1 aromatic carbocycles. The van der Waals surface area contributed by atoms with Crippen LogP contribution in [-0.2, 0) is 9.59 Å². The van der Waals surface area contributed by atoms with E-state index in [-0.39, 0.29) is 11.8 Å². The molecule has 0 spiro atoms. The zero-order valence-electron chi connectivity index (χ0n) is 15.1. The van der Waals surface area contributed by atoms with Gasteiger partial charge in [-0.15, -0.1) is 0 Å². The van der Waals surface area contributed by atoms with Gasteiger partial charge in [-0.3, -0.25) is 9.59 Å². The van der Waals surface area contributed by atoms with Crippen LogP contribution in [-0.4, -0.2) is 32.6 Å². The molecule has 1 aliphatic rings. The normalized spacial score (nSPS) is 14.8. The van der Waals surface area contributed by atoms with Gasteiger partial charge < -0.3 is 20.1 Å². The second-order valence-corrected chi connectivity index (χ2v) is 7.07. The minimum Gasteiger partial charge on any atom is -0.495 e.